The summed E-state index contributed by atoms with van der Waals surface area (Å²) < 4.78 is 99.2. The minimum atomic E-state index is -0.882. The van der Waals surface area contributed by atoms with Crippen LogP contribution in [0.15, 0.2) is 0 Å². The maximum atomic E-state index is 10.4. The van der Waals surface area contributed by atoms with E-state index in [4.69, 9.17) is 102 Å². The van der Waals surface area contributed by atoms with Gasteiger partial charge in [0.1, 0.15) is 0 Å². The van der Waals surface area contributed by atoms with Crippen LogP contribution in [-0.4, -0.2) is 287 Å². The first kappa shape index (κ1) is 64.6. The SMILES string of the molecule is NCCOCCOCCOCCOCCOCCOCCN(CCOCCOCCOCCOCCOCCOCCN)CCOCCOCCOCCOCCOCCOCCC(=O)O. The lowest BCUT2D eigenvalue weighted by Gasteiger charge is -2.22. The Morgan fingerprint density at radius 2 is 0.409 bits per heavy atom. The maximum Gasteiger partial charge on any atom is 0.305 e. The molecule has 5 N–H and O–H groups in total. The van der Waals surface area contributed by atoms with Crippen LogP contribution in [-0.2, 0) is 90.1 Å². The monoisotopic (exact) mass is 968 g/mol. The molecule has 396 valence electrons. The van der Waals surface area contributed by atoms with E-state index in [-0.39, 0.29) is 13.0 Å². The second kappa shape index (κ2) is 59.8. The minimum Gasteiger partial charge on any atom is -0.481 e. The summed E-state index contributed by atoms with van der Waals surface area (Å²) in [5.74, 6) is -0.882. The van der Waals surface area contributed by atoms with Gasteiger partial charge >= 0.3 is 5.97 Å². The fraction of sp³-hybridized carbons (Fsp3) is 0.977. The molecule has 0 aromatic heterocycles. The molecule has 66 heavy (non-hydrogen) atoms. The van der Waals surface area contributed by atoms with Crippen molar-refractivity contribution in [3.8, 4) is 0 Å². The van der Waals surface area contributed by atoms with Crippen LogP contribution in [0.3, 0.4) is 0 Å². The Hall–Kier alpha value is -1.37. The first-order chi connectivity index (χ1) is 32.7. The molecule has 0 unspecified atom stereocenters. The Kier molecular flexibility index (Phi) is 58.5. The summed E-state index contributed by atoms with van der Waals surface area (Å²) in [6.07, 6.45) is -0.0144. The number of carboxylic acids is 1. The number of hydrogen-bond acceptors (Lipinski definition) is 22. The third-order valence-corrected chi connectivity index (χ3v) is 8.22. The molecule has 0 atom stereocenters. The summed E-state index contributed by atoms with van der Waals surface area (Å²) in [5, 5.41) is 8.56. The summed E-state index contributed by atoms with van der Waals surface area (Å²) in [6, 6.07) is 0. The fourth-order valence-corrected chi connectivity index (χ4v) is 4.85. The predicted molar refractivity (Wildman–Crippen MR) is 242 cm³/mol. The molecule has 0 aliphatic rings. The van der Waals surface area contributed by atoms with Crippen LogP contribution in [0.4, 0.5) is 0 Å². The molecule has 0 spiro atoms. The van der Waals surface area contributed by atoms with E-state index in [9.17, 15) is 4.79 Å². The molecular formula is C43H89N3O20. The molecular weight excluding hydrogens is 878 g/mol. The second-order valence-electron chi connectivity index (χ2n) is 13.6. The summed E-state index contributed by atoms with van der Waals surface area (Å²) in [6.45, 7) is 20.4. The quantitative estimate of drug-likeness (QED) is 0.0617. The lowest BCUT2D eigenvalue weighted by molar-refractivity contribution is -0.138. The van der Waals surface area contributed by atoms with E-state index in [2.05, 4.69) is 4.90 Å². The molecule has 0 bridgehead atoms. The van der Waals surface area contributed by atoms with Gasteiger partial charge in [0.15, 0.2) is 0 Å². The lowest BCUT2D eigenvalue weighted by Crippen LogP contribution is -2.34. The van der Waals surface area contributed by atoms with Crippen LogP contribution in [0, 0.1) is 0 Å². The molecule has 0 radical (unpaired) electrons. The predicted octanol–water partition coefficient (Wildman–Crippen LogP) is -1.02. The van der Waals surface area contributed by atoms with Crippen molar-refractivity contribution in [3.63, 3.8) is 0 Å². The molecule has 0 rings (SSSR count). The molecule has 0 aromatic rings. The Bertz CT molecular complexity index is 871. The molecule has 23 nitrogen and oxygen atoms in total. The minimum absolute atomic E-state index is 0.0144. The van der Waals surface area contributed by atoms with E-state index < -0.39 is 5.97 Å². The van der Waals surface area contributed by atoms with Crippen LogP contribution < -0.4 is 11.5 Å². The third-order valence-electron chi connectivity index (χ3n) is 8.22. The van der Waals surface area contributed by atoms with Crippen LogP contribution in [0.5, 0.6) is 0 Å². The van der Waals surface area contributed by atoms with Gasteiger partial charge in [-0.3, -0.25) is 9.69 Å². The Balaban J connectivity index is 3.97. The van der Waals surface area contributed by atoms with Crippen molar-refractivity contribution in [1.29, 1.82) is 0 Å². The van der Waals surface area contributed by atoms with Gasteiger partial charge in [0.05, 0.1) is 244 Å². The van der Waals surface area contributed by atoms with E-state index in [1.807, 2.05) is 0 Å². The lowest BCUT2D eigenvalue weighted by atomic mass is 10.4. The van der Waals surface area contributed by atoms with Crippen LogP contribution in [0.1, 0.15) is 6.42 Å². The van der Waals surface area contributed by atoms with Crippen LogP contribution in [0.25, 0.3) is 0 Å². The first-order valence-corrected chi connectivity index (χ1v) is 23.4. The fourth-order valence-electron chi connectivity index (χ4n) is 4.85. The number of carboxylic acid groups (broad SMARTS) is 1. The number of rotatable bonds is 61. The van der Waals surface area contributed by atoms with E-state index in [1.165, 1.54) is 0 Å². The number of nitrogens with two attached hydrogens (primary N) is 2. The standard InChI is InChI=1S/C43H89N3O20/c44-2-8-50-14-20-56-26-32-62-38-41-65-35-29-59-23-17-53-11-5-46(6-12-54-18-24-60-30-36-66-42-39-63-33-27-57-21-15-51-9-3-45)4-10-52-16-22-58-28-34-64-40-37-61-31-25-55-19-13-49-7-1-43(47)48/h1-42,44-45H2,(H,47,48). The molecule has 0 saturated carbocycles. The molecule has 0 saturated heterocycles. The highest BCUT2D eigenvalue weighted by atomic mass is 16.6. The molecule has 0 aromatic carbocycles. The van der Waals surface area contributed by atoms with Gasteiger partial charge in [0.2, 0.25) is 0 Å². The van der Waals surface area contributed by atoms with Crippen molar-refractivity contribution in [2.24, 2.45) is 11.5 Å². The van der Waals surface area contributed by atoms with Gasteiger partial charge in [-0.15, -0.1) is 0 Å². The first-order valence-electron chi connectivity index (χ1n) is 23.4. The van der Waals surface area contributed by atoms with E-state index >= 15 is 0 Å². The number of nitrogens with zero attached hydrogens (tertiary/aromatic N) is 1. The third kappa shape index (κ3) is 58.8. The van der Waals surface area contributed by atoms with Gasteiger partial charge in [-0.25, -0.2) is 0 Å². The smallest absolute Gasteiger partial charge is 0.305 e. The zero-order chi connectivity index (χ0) is 47.6. The van der Waals surface area contributed by atoms with Gasteiger partial charge in [0.25, 0.3) is 0 Å². The largest absolute Gasteiger partial charge is 0.481 e. The Morgan fingerprint density at radius 3 is 0.576 bits per heavy atom. The van der Waals surface area contributed by atoms with E-state index in [0.717, 1.165) is 0 Å². The Labute approximate surface area is 394 Å². The number of hydrogen-bond donors (Lipinski definition) is 3. The molecule has 0 aliphatic carbocycles. The normalized spacial score (nSPS) is 11.7. The van der Waals surface area contributed by atoms with Crippen molar-refractivity contribution in [2.45, 2.75) is 6.42 Å². The number of ether oxygens (including phenoxy) is 18. The topological polar surface area (TPSA) is 259 Å². The van der Waals surface area contributed by atoms with Crippen LogP contribution >= 0.6 is 0 Å². The van der Waals surface area contributed by atoms with Gasteiger partial charge in [-0.2, -0.15) is 0 Å². The van der Waals surface area contributed by atoms with Crippen molar-refractivity contribution in [3.05, 3.63) is 0 Å². The summed E-state index contributed by atoms with van der Waals surface area (Å²) in [4.78, 5) is 12.7. The van der Waals surface area contributed by atoms with E-state index in [1.54, 1.807) is 0 Å². The van der Waals surface area contributed by atoms with Crippen molar-refractivity contribution in [1.82, 2.24) is 4.90 Å². The highest BCUT2D eigenvalue weighted by molar-refractivity contribution is 5.66. The van der Waals surface area contributed by atoms with Crippen molar-refractivity contribution >= 4 is 5.97 Å². The van der Waals surface area contributed by atoms with E-state index in [0.29, 0.717) is 264 Å². The van der Waals surface area contributed by atoms with Crippen LogP contribution in [0.2, 0.25) is 0 Å². The van der Waals surface area contributed by atoms with Crippen molar-refractivity contribution < 1.29 is 95.2 Å². The highest BCUT2D eigenvalue weighted by Crippen LogP contribution is 1.94. The average molecular weight is 968 g/mol. The zero-order valence-electron chi connectivity index (χ0n) is 40.0. The van der Waals surface area contributed by atoms with Gasteiger partial charge in [-0.1, -0.05) is 0 Å². The average Bonchev–Trinajstić information content (AvgIpc) is 3.31. The molecule has 0 amide bonds. The highest BCUT2D eigenvalue weighted by Gasteiger charge is 2.06. The van der Waals surface area contributed by atoms with Gasteiger partial charge in [-0.05, 0) is 0 Å². The summed E-state index contributed by atoms with van der Waals surface area (Å²) >= 11 is 0. The van der Waals surface area contributed by atoms with Crippen molar-refractivity contribution in [2.75, 3.05) is 271 Å². The Morgan fingerprint density at radius 1 is 0.258 bits per heavy atom. The molecule has 0 heterocycles. The summed E-state index contributed by atoms with van der Waals surface area (Å²) in [7, 11) is 0. The molecule has 0 fully saturated rings. The second-order valence-corrected chi connectivity index (χ2v) is 13.6. The molecule has 23 heteroatoms. The zero-order valence-corrected chi connectivity index (χ0v) is 40.0. The van der Waals surface area contributed by atoms with Gasteiger partial charge < -0.3 is 102 Å². The van der Waals surface area contributed by atoms with Gasteiger partial charge in [0, 0.05) is 32.7 Å². The maximum absolute atomic E-state index is 10.4. The molecule has 0 aliphatic heterocycles. The number of aliphatic carboxylic acids is 1. The number of carbonyl (C=O) groups is 1. The summed E-state index contributed by atoms with van der Waals surface area (Å²) in [5.41, 5.74) is 10.7.